The number of carbonyl (C=O) groups excluding carboxylic acids is 2. The number of carbonyl (C=O) groups is 2. The molecule has 1 aliphatic heterocycles. The van der Waals surface area contributed by atoms with E-state index >= 15 is 0 Å². The second-order valence-corrected chi connectivity index (χ2v) is 10.9. The number of para-hydroxylation sites is 1. The molecule has 3 aromatic rings. The average molecular weight is 508 g/mol. The molecule has 0 radical (unpaired) electrons. The topological polar surface area (TPSA) is 64.0 Å². The molecule has 5 rings (SSSR count). The van der Waals surface area contributed by atoms with Crippen molar-refractivity contribution in [2.75, 3.05) is 19.7 Å². The van der Waals surface area contributed by atoms with E-state index in [1.807, 2.05) is 49.9 Å². The quantitative estimate of drug-likeness (QED) is 0.473. The summed E-state index contributed by atoms with van der Waals surface area (Å²) in [4.78, 5) is 29.8. The van der Waals surface area contributed by atoms with Crippen molar-refractivity contribution in [1.29, 1.82) is 0 Å². The SMILES string of the molecule is CC(C)(C)OC(=O)N1CCOC(C(=O)N(Cc2cn(Cc3cccc(F)c3)c3ccccc23)C2CC2)C1. The predicted molar refractivity (Wildman–Crippen MR) is 139 cm³/mol. The maximum absolute atomic E-state index is 13.8. The number of nitrogens with zero attached hydrogens (tertiary/aromatic N) is 3. The average Bonchev–Trinajstić information content (AvgIpc) is 3.64. The van der Waals surface area contributed by atoms with Crippen LogP contribution >= 0.6 is 0 Å². The Hall–Kier alpha value is -3.39. The molecule has 0 N–H and O–H groups in total. The van der Waals surface area contributed by atoms with Gasteiger partial charge in [-0.3, -0.25) is 4.79 Å². The van der Waals surface area contributed by atoms with Crippen LogP contribution in [0.25, 0.3) is 10.9 Å². The second-order valence-electron chi connectivity index (χ2n) is 10.9. The molecule has 2 amide bonds. The summed E-state index contributed by atoms with van der Waals surface area (Å²) >= 11 is 0. The van der Waals surface area contributed by atoms with Crippen molar-refractivity contribution in [1.82, 2.24) is 14.4 Å². The van der Waals surface area contributed by atoms with Crippen LogP contribution in [0, 0.1) is 5.82 Å². The van der Waals surface area contributed by atoms with Crippen molar-refractivity contribution in [3.8, 4) is 0 Å². The molecule has 1 saturated carbocycles. The number of fused-ring (bicyclic) bond motifs is 1. The first-order chi connectivity index (χ1) is 17.7. The molecule has 1 aromatic heterocycles. The number of ether oxygens (including phenoxy) is 2. The third-order valence-electron chi connectivity index (χ3n) is 6.72. The number of benzene rings is 2. The Morgan fingerprint density at radius 3 is 2.65 bits per heavy atom. The fourth-order valence-corrected chi connectivity index (χ4v) is 4.84. The van der Waals surface area contributed by atoms with Crippen molar-refractivity contribution in [3.63, 3.8) is 0 Å². The van der Waals surface area contributed by atoms with Gasteiger partial charge in [0.05, 0.1) is 13.2 Å². The van der Waals surface area contributed by atoms with Crippen LogP contribution < -0.4 is 0 Å². The van der Waals surface area contributed by atoms with Gasteiger partial charge in [-0.05, 0) is 62.9 Å². The minimum atomic E-state index is -0.720. The van der Waals surface area contributed by atoms with E-state index in [0.29, 0.717) is 26.2 Å². The molecule has 8 heteroatoms. The third kappa shape index (κ3) is 5.96. The van der Waals surface area contributed by atoms with Crippen molar-refractivity contribution >= 4 is 22.9 Å². The monoisotopic (exact) mass is 507 g/mol. The minimum Gasteiger partial charge on any atom is -0.444 e. The fraction of sp³-hybridized carbons (Fsp3) is 0.448. The van der Waals surface area contributed by atoms with Gasteiger partial charge in [0.2, 0.25) is 0 Å². The van der Waals surface area contributed by atoms with Crippen LogP contribution in [0.4, 0.5) is 9.18 Å². The van der Waals surface area contributed by atoms with Gasteiger partial charge in [0.15, 0.2) is 6.10 Å². The van der Waals surface area contributed by atoms with E-state index in [2.05, 4.69) is 16.8 Å². The van der Waals surface area contributed by atoms with Gasteiger partial charge in [-0.1, -0.05) is 30.3 Å². The van der Waals surface area contributed by atoms with Gasteiger partial charge >= 0.3 is 6.09 Å². The lowest BCUT2D eigenvalue weighted by molar-refractivity contribution is -0.150. The lowest BCUT2D eigenvalue weighted by Gasteiger charge is -2.35. The summed E-state index contributed by atoms with van der Waals surface area (Å²) in [6, 6.07) is 14.9. The maximum atomic E-state index is 13.8. The van der Waals surface area contributed by atoms with Crippen LogP contribution in [0.5, 0.6) is 0 Å². The van der Waals surface area contributed by atoms with E-state index in [1.165, 1.54) is 6.07 Å². The molecular weight excluding hydrogens is 473 g/mol. The van der Waals surface area contributed by atoms with Gasteiger partial charge in [0.1, 0.15) is 11.4 Å². The molecule has 2 aromatic carbocycles. The first-order valence-electron chi connectivity index (χ1n) is 12.9. The summed E-state index contributed by atoms with van der Waals surface area (Å²) in [5, 5.41) is 1.07. The molecule has 7 nitrogen and oxygen atoms in total. The van der Waals surface area contributed by atoms with Gasteiger partial charge < -0.3 is 23.8 Å². The van der Waals surface area contributed by atoms with Crippen molar-refractivity contribution in [2.24, 2.45) is 0 Å². The summed E-state index contributed by atoms with van der Waals surface area (Å²) in [5.41, 5.74) is 2.34. The Morgan fingerprint density at radius 1 is 1.14 bits per heavy atom. The first-order valence-corrected chi connectivity index (χ1v) is 12.9. The highest BCUT2D eigenvalue weighted by Crippen LogP contribution is 2.32. The largest absolute Gasteiger partial charge is 0.444 e. The zero-order chi connectivity index (χ0) is 26.2. The molecule has 0 bridgehead atoms. The summed E-state index contributed by atoms with van der Waals surface area (Å²) < 4.78 is 27.2. The molecule has 37 heavy (non-hydrogen) atoms. The van der Waals surface area contributed by atoms with Crippen LogP contribution in [0.2, 0.25) is 0 Å². The predicted octanol–water partition coefficient (Wildman–Crippen LogP) is 4.96. The van der Waals surface area contributed by atoms with Gasteiger partial charge in [0, 0.05) is 42.8 Å². The molecule has 1 aliphatic carbocycles. The van der Waals surface area contributed by atoms with E-state index in [4.69, 9.17) is 9.47 Å². The number of hydrogen-bond acceptors (Lipinski definition) is 4. The first kappa shape index (κ1) is 25.3. The number of halogens is 1. The smallest absolute Gasteiger partial charge is 0.410 e. The maximum Gasteiger partial charge on any atom is 0.410 e. The summed E-state index contributed by atoms with van der Waals surface area (Å²) in [6.07, 6.45) is 2.83. The minimum absolute atomic E-state index is 0.0993. The molecule has 1 unspecified atom stereocenters. The normalized spacial score (nSPS) is 18.2. The van der Waals surface area contributed by atoms with Crippen LogP contribution in [-0.4, -0.2) is 63.8 Å². The highest BCUT2D eigenvalue weighted by Gasteiger charge is 2.39. The highest BCUT2D eigenvalue weighted by atomic mass is 19.1. The number of amides is 2. The van der Waals surface area contributed by atoms with E-state index in [9.17, 15) is 14.0 Å². The fourth-order valence-electron chi connectivity index (χ4n) is 4.84. The summed E-state index contributed by atoms with van der Waals surface area (Å²) in [6.45, 7) is 7.34. The number of aromatic nitrogens is 1. The Morgan fingerprint density at radius 2 is 1.92 bits per heavy atom. The zero-order valence-corrected chi connectivity index (χ0v) is 21.7. The third-order valence-corrected chi connectivity index (χ3v) is 6.72. The zero-order valence-electron chi connectivity index (χ0n) is 21.7. The van der Waals surface area contributed by atoms with Gasteiger partial charge in [0.25, 0.3) is 5.91 Å². The van der Waals surface area contributed by atoms with E-state index in [0.717, 1.165) is 34.9 Å². The van der Waals surface area contributed by atoms with E-state index in [1.54, 1.807) is 17.0 Å². The van der Waals surface area contributed by atoms with Crippen LogP contribution in [0.3, 0.4) is 0 Å². The summed E-state index contributed by atoms with van der Waals surface area (Å²) in [5.74, 6) is -0.356. The summed E-state index contributed by atoms with van der Waals surface area (Å²) in [7, 11) is 0. The lowest BCUT2D eigenvalue weighted by atomic mass is 10.1. The van der Waals surface area contributed by atoms with E-state index in [-0.39, 0.29) is 24.3 Å². The molecule has 2 fully saturated rings. The Kier molecular flexibility index (Phi) is 6.94. The standard InChI is InChI=1S/C29H34FN3O4/c1-29(2,3)37-28(35)31-13-14-36-26(19-31)27(34)33(23-11-12-23)18-21-17-32(25-10-5-4-9-24(21)25)16-20-7-6-8-22(30)15-20/h4-10,15,17,23,26H,11-14,16,18-19H2,1-3H3. The van der Waals surface area contributed by atoms with Gasteiger partial charge in [-0.2, -0.15) is 0 Å². The molecule has 2 heterocycles. The number of rotatable bonds is 6. The van der Waals surface area contributed by atoms with Crippen LogP contribution in [0.1, 0.15) is 44.7 Å². The van der Waals surface area contributed by atoms with Gasteiger partial charge in [-0.25, -0.2) is 9.18 Å². The number of morpholine rings is 1. The molecule has 1 atom stereocenters. The van der Waals surface area contributed by atoms with Gasteiger partial charge in [-0.15, -0.1) is 0 Å². The van der Waals surface area contributed by atoms with Crippen LogP contribution in [0.15, 0.2) is 54.7 Å². The highest BCUT2D eigenvalue weighted by molar-refractivity contribution is 5.86. The second kappa shape index (κ2) is 10.2. The Balaban J connectivity index is 1.35. The van der Waals surface area contributed by atoms with Crippen molar-refractivity contribution in [2.45, 2.75) is 64.4 Å². The van der Waals surface area contributed by atoms with Crippen molar-refractivity contribution in [3.05, 3.63) is 71.7 Å². The molecule has 196 valence electrons. The van der Waals surface area contributed by atoms with Crippen molar-refractivity contribution < 1.29 is 23.5 Å². The molecular formula is C29H34FN3O4. The molecule has 0 spiro atoms. The molecule has 2 aliphatic rings. The van der Waals surface area contributed by atoms with Crippen LogP contribution in [-0.2, 0) is 27.4 Å². The molecule has 1 saturated heterocycles. The Labute approximate surface area is 216 Å². The lowest BCUT2D eigenvalue weighted by Crippen LogP contribution is -2.53. The Bertz CT molecular complexity index is 1290. The number of hydrogen-bond donors (Lipinski definition) is 0. The van der Waals surface area contributed by atoms with E-state index < -0.39 is 17.8 Å².